The van der Waals surface area contributed by atoms with E-state index >= 15 is 0 Å². The quantitative estimate of drug-likeness (QED) is 0.835. The summed E-state index contributed by atoms with van der Waals surface area (Å²) in [7, 11) is 0. The Morgan fingerprint density at radius 1 is 0.947 bits per heavy atom. The maximum absolute atomic E-state index is 3.79. The molecule has 4 atom stereocenters. The third-order valence-corrected chi connectivity index (χ3v) is 5.54. The minimum absolute atomic E-state index is 0.734. The van der Waals surface area contributed by atoms with Gasteiger partial charge in [-0.3, -0.25) is 4.90 Å². The number of piperidine rings is 1. The van der Waals surface area contributed by atoms with Gasteiger partial charge in [-0.1, -0.05) is 39.5 Å². The molecule has 4 unspecified atom stereocenters. The molecule has 0 radical (unpaired) electrons. The van der Waals surface area contributed by atoms with Crippen LogP contribution in [0.1, 0.15) is 72.1 Å². The normalized spacial score (nSPS) is 38.7. The van der Waals surface area contributed by atoms with Crippen molar-refractivity contribution < 1.29 is 0 Å². The van der Waals surface area contributed by atoms with Gasteiger partial charge in [0.2, 0.25) is 0 Å². The second-order valence-electron chi connectivity index (χ2n) is 6.82. The fraction of sp³-hybridized carbons (Fsp3) is 1.00. The first-order chi connectivity index (χ1) is 9.24. The van der Waals surface area contributed by atoms with Gasteiger partial charge in [0.1, 0.15) is 0 Å². The highest BCUT2D eigenvalue weighted by atomic mass is 15.2. The molecule has 0 aromatic rings. The maximum atomic E-state index is 3.79. The molecule has 1 aliphatic heterocycles. The number of nitrogens with one attached hydrogen (secondary N) is 1. The van der Waals surface area contributed by atoms with Crippen LogP contribution >= 0.6 is 0 Å². The van der Waals surface area contributed by atoms with Crippen molar-refractivity contribution in [1.29, 1.82) is 0 Å². The summed E-state index contributed by atoms with van der Waals surface area (Å²) in [5.74, 6) is 0.876. The lowest BCUT2D eigenvalue weighted by Gasteiger charge is -2.46. The Morgan fingerprint density at radius 3 is 2.42 bits per heavy atom. The number of hydrogen-bond donors (Lipinski definition) is 1. The van der Waals surface area contributed by atoms with Gasteiger partial charge in [0, 0.05) is 18.1 Å². The highest BCUT2D eigenvalue weighted by Gasteiger charge is 2.34. The first-order valence-corrected chi connectivity index (χ1v) is 8.73. The Labute approximate surface area is 120 Å². The van der Waals surface area contributed by atoms with Crippen LogP contribution < -0.4 is 5.32 Å². The van der Waals surface area contributed by atoms with Crippen LogP contribution in [0.2, 0.25) is 0 Å². The van der Waals surface area contributed by atoms with Crippen LogP contribution in [0.4, 0.5) is 0 Å². The number of likely N-dealkylation sites (N-methyl/N-ethyl adjacent to an activating group) is 1. The lowest BCUT2D eigenvalue weighted by molar-refractivity contribution is 0.0397. The fourth-order valence-electron chi connectivity index (χ4n) is 4.20. The van der Waals surface area contributed by atoms with Gasteiger partial charge >= 0.3 is 0 Å². The molecular weight excluding hydrogens is 232 g/mol. The predicted octanol–water partition coefficient (Wildman–Crippen LogP) is 3.81. The summed E-state index contributed by atoms with van der Waals surface area (Å²) >= 11 is 0. The van der Waals surface area contributed by atoms with Crippen LogP contribution in [0.3, 0.4) is 0 Å². The highest BCUT2D eigenvalue weighted by molar-refractivity contribution is 4.91. The fourth-order valence-corrected chi connectivity index (χ4v) is 4.20. The van der Waals surface area contributed by atoms with Gasteiger partial charge in [0.25, 0.3) is 0 Å². The molecule has 112 valence electrons. The van der Waals surface area contributed by atoms with Crippen LogP contribution in [0, 0.1) is 5.92 Å². The van der Waals surface area contributed by atoms with Crippen LogP contribution in [0.15, 0.2) is 0 Å². The van der Waals surface area contributed by atoms with E-state index in [9.17, 15) is 0 Å². The third-order valence-electron chi connectivity index (χ3n) is 5.54. The molecule has 0 bridgehead atoms. The molecule has 2 aliphatic rings. The summed E-state index contributed by atoms with van der Waals surface area (Å²) in [6, 6.07) is 2.30. The predicted molar refractivity (Wildman–Crippen MR) is 83.5 cm³/mol. The Bertz CT molecular complexity index is 254. The van der Waals surface area contributed by atoms with Crippen LogP contribution in [-0.4, -0.2) is 36.1 Å². The molecule has 0 spiro atoms. The number of likely N-dealkylation sites (tertiary alicyclic amines) is 1. The Morgan fingerprint density at radius 2 is 1.68 bits per heavy atom. The molecule has 1 aliphatic carbocycles. The third kappa shape index (κ3) is 3.95. The first kappa shape index (κ1) is 15.3. The molecule has 1 heterocycles. The monoisotopic (exact) mass is 266 g/mol. The second kappa shape index (κ2) is 7.64. The number of rotatable bonds is 3. The molecule has 2 rings (SSSR count). The standard InChI is InChI=1S/C17H34N2/c1-4-18-16-11-7-5-6-8-12-17(16)19-13-9-10-14(2)15(19)3/h14-18H,4-13H2,1-3H3. The highest BCUT2D eigenvalue weighted by Crippen LogP contribution is 2.30. The van der Waals surface area contributed by atoms with Gasteiger partial charge in [-0.05, 0) is 51.6 Å². The van der Waals surface area contributed by atoms with Crippen molar-refractivity contribution in [1.82, 2.24) is 10.2 Å². The first-order valence-electron chi connectivity index (χ1n) is 8.73. The molecule has 19 heavy (non-hydrogen) atoms. The van der Waals surface area contributed by atoms with E-state index in [0.717, 1.165) is 30.6 Å². The van der Waals surface area contributed by atoms with Gasteiger partial charge in [0.15, 0.2) is 0 Å². The van der Waals surface area contributed by atoms with Crippen molar-refractivity contribution in [3.8, 4) is 0 Å². The summed E-state index contributed by atoms with van der Waals surface area (Å²) in [4.78, 5) is 2.85. The van der Waals surface area contributed by atoms with Crippen molar-refractivity contribution in [2.24, 2.45) is 5.92 Å². The molecule has 0 amide bonds. The minimum Gasteiger partial charge on any atom is -0.313 e. The van der Waals surface area contributed by atoms with E-state index in [2.05, 4.69) is 31.0 Å². The van der Waals surface area contributed by atoms with Crippen molar-refractivity contribution in [2.45, 2.75) is 90.3 Å². The average Bonchev–Trinajstić information content (AvgIpc) is 2.37. The SMILES string of the molecule is CCNC1CCCCCCC1N1CCCC(C)C1C. The molecule has 1 saturated heterocycles. The summed E-state index contributed by atoms with van der Waals surface area (Å²) < 4.78 is 0. The summed E-state index contributed by atoms with van der Waals surface area (Å²) in [6.07, 6.45) is 11.4. The van der Waals surface area contributed by atoms with E-state index in [-0.39, 0.29) is 0 Å². The molecule has 2 nitrogen and oxygen atoms in total. The van der Waals surface area contributed by atoms with Crippen molar-refractivity contribution >= 4 is 0 Å². The van der Waals surface area contributed by atoms with Crippen LogP contribution in [0.5, 0.6) is 0 Å². The zero-order valence-corrected chi connectivity index (χ0v) is 13.3. The minimum atomic E-state index is 0.734. The molecule has 0 aromatic carbocycles. The summed E-state index contributed by atoms with van der Waals surface area (Å²) in [5, 5.41) is 3.79. The summed E-state index contributed by atoms with van der Waals surface area (Å²) in [6.45, 7) is 9.63. The van der Waals surface area contributed by atoms with Gasteiger partial charge in [-0.25, -0.2) is 0 Å². The van der Waals surface area contributed by atoms with Crippen molar-refractivity contribution in [2.75, 3.05) is 13.1 Å². The van der Waals surface area contributed by atoms with Crippen molar-refractivity contribution in [3.63, 3.8) is 0 Å². The Balaban J connectivity index is 2.06. The molecular formula is C17H34N2. The average molecular weight is 266 g/mol. The number of hydrogen-bond acceptors (Lipinski definition) is 2. The lowest BCUT2D eigenvalue weighted by Crippen LogP contribution is -2.56. The number of nitrogens with zero attached hydrogens (tertiary/aromatic N) is 1. The zero-order valence-electron chi connectivity index (χ0n) is 13.3. The largest absolute Gasteiger partial charge is 0.313 e. The smallest absolute Gasteiger partial charge is 0.0252 e. The molecule has 1 N–H and O–H groups in total. The van der Waals surface area contributed by atoms with E-state index in [4.69, 9.17) is 0 Å². The van der Waals surface area contributed by atoms with Crippen molar-refractivity contribution in [3.05, 3.63) is 0 Å². The molecule has 2 heteroatoms. The van der Waals surface area contributed by atoms with Gasteiger partial charge in [-0.15, -0.1) is 0 Å². The molecule has 1 saturated carbocycles. The zero-order chi connectivity index (χ0) is 13.7. The Hall–Kier alpha value is -0.0800. The van der Waals surface area contributed by atoms with Crippen LogP contribution in [-0.2, 0) is 0 Å². The van der Waals surface area contributed by atoms with Crippen LogP contribution in [0.25, 0.3) is 0 Å². The van der Waals surface area contributed by atoms with E-state index < -0.39 is 0 Å². The van der Waals surface area contributed by atoms with E-state index in [1.54, 1.807) is 0 Å². The van der Waals surface area contributed by atoms with E-state index in [0.29, 0.717) is 0 Å². The summed E-state index contributed by atoms with van der Waals surface area (Å²) in [5.41, 5.74) is 0. The topological polar surface area (TPSA) is 15.3 Å². The van der Waals surface area contributed by atoms with E-state index in [1.165, 1.54) is 57.9 Å². The maximum Gasteiger partial charge on any atom is 0.0252 e. The van der Waals surface area contributed by atoms with Gasteiger partial charge in [0.05, 0.1) is 0 Å². The van der Waals surface area contributed by atoms with Gasteiger partial charge in [-0.2, -0.15) is 0 Å². The van der Waals surface area contributed by atoms with Gasteiger partial charge < -0.3 is 5.32 Å². The Kier molecular flexibility index (Phi) is 6.15. The van der Waals surface area contributed by atoms with E-state index in [1.807, 2.05) is 0 Å². The molecule has 2 fully saturated rings. The lowest BCUT2D eigenvalue weighted by atomic mass is 9.85. The second-order valence-corrected chi connectivity index (χ2v) is 6.82. The molecule has 0 aromatic heterocycles.